The van der Waals surface area contributed by atoms with Crippen LogP contribution >= 0.6 is 0 Å². The molecule has 0 aliphatic rings. The second-order valence-corrected chi connectivity index (χ2v) is 5.00. The second-order valence-electron chi connectivity index (χ2n) is 5.00. The van der Waals surface area contributed by atoms with Crippen LogP contribution in [0.15, 0.2) is 0 Å². The topological polar surface area (TPSA) is 92.0 Å². The van der Waals surface area contributed by atoms with Crippen molar-refractivity contribution in [3.05, 3.63) is 0 Å². The zero-order valence-corrected chi connectivity index (χ0v) is 11.7. The van der Waals surface area contributed by atoms with E-state index in [-0.39, 0.29) is 0 Å². The van der Waals surface area contributed by atoms with Crippen LogP contribution in [0.1, 0.15) is 27.2 Å². The predicted molar refractivity (Wildman–Crippen MR) is 74.5 cm³/mol. The molecule has 0 saturated heterocycles. The van der Waals surface area contributed by atoms with Crippen LogP contribution in [0.4, 0.5) is 17.8 Å². The molecule has 0 aromatic carbocycles. The van der Waals surface area contributed by atoms with Crippen LogP contribution in [0.5, 0.6) is 0 Å². The molecule has 0 radical (unpaired) electrons. The average molecular weight is 253 g/mol. The fourth-order valence-corrected chi connectivity index (χ4v) is 1.68. The van der Waals surface area contributed by atoms with Gasteiger partial charge >= 0.3 is 0 Å². The number of nitrogens with zero attached hydrogens (tertiary/aromatic N) is 4. The van der Waals surface area contributed by atoms with Crippen molar-refractivity contribution < 1.29 is 0 Å². The van der Waals surface area contributed by atoms with Crippen LogP contribution < -0.4 is 21.5 Å². The van der Waals surface area contributed by atoms with Crippen LogP contribution in [0.3, 0.4) is 0 Å². The number of hydrogen-bond acceptors (Lipinski definition) is 7. The monoisotopic (exact) mass is 253 g/mol. The lowest BCUT2D eigenvalue weighted by Gasteiger charge is -2.18. The van der Waals surface area contributed by atoms with Gasteiger partial charge < -0.3 is 10.2 Å². The molecule has 4 N–H and O–H groups in total. The number of nitrogens with two attached hydrogens (primary N) is 1. The van der Waals surface area contributed by atoms with Crippen molar-refractivity contribution in [1.29, 1.82) is 0 Å². The first kappa shape index (κ1) is 14.4. The molecule has 7 heteroatoms. The third kappa shape index (κ3) is 4.33. The number of hydrogen-bond donors (Lipinski definition) is 3. The van der Waals surface area contributed by atoms with Crippen molar-refractivity contribution >= 4 is 17.8 Å². The van der Waals surface area contributed by atoms with Gasteiger partial charge in [0.25, 0.3) is 0 Å². The van der Waals surface area contributed by atoms with Crippen molar-refractivity contribution in [1.82, 2.24) is 15.0 Å². The second kappa shape index (κ2) is 6.34. The Balaban J connectivity index is 2.84. The molecule has 0 amide bonds. The lowest BCUT2D eigenvalue weighted by molar-refractivity contribution is 0.537. The Hall–Kier alpha value is -1.63. The molecule has 1 aromatic rings. The van der Waals surface area contributed by atoms with Gasteiger partial charge in [0.2, 0.25) is 17.8 Å². The maximum Gasteiger partial charge on any atom is 0.243 e. The Morgan fingerprint density at radius 2 is 1.72 bits per heavy atom. The summed E-state index contributed by atoms with van der Waals surface area (Å²) in [7, 11) is 3.74. The van der Waals surface area contributed by atoms with Crippen LogP contribution in [0.25, 0.3) is 0 Å². The quantitative estimate of drug-likeness (QED) is 0.516. The molecule has 102 valence electrons. The molecule has 0 aliphatic carbocycles. The van der Waals surface area contributed by atoms with E-state index in [2.05, 4.69) is 46.5 Å². The van der Waals surface area contributed by atoms with Gasteiger partial charge in [-0.25, -0.2) is 5.84 Å². The highest BCUT2D eigenvalue weighted by Gasteiger charge is 2.10. The first-order valence-corrected chi connectivity index (χ1v) is 6.09. The summed E-state index contributed by atoms with van der Waals surface area (Å²) in [6, 6.07) is 0.299. The van der Waals surface area contributed by atoms with E-state index < -0.39 is 0 Å². The fraction of sp³-hybridized carbons (Fsp3) is 0.727. The first-order chi connectivity index (χ1) is 8.42. The highest BCUT2D eigenvalue weighted by molar-refractivity contribution is 5.42. The van der Waals surface area contributed by atoms with Crippen molar-refractivity contribution in [2.75, 3.05) is 29.7 Å². The minimum atomic E-state index is 0.299. The summed E-state index contributed by atoms with van der Waals surface area (Å²) in [5.74, 6) is 7.43. The lowest BCUT2D eigenvalue weighted by atomic mass is 10.1. The molecule has 0 saturated carbocycles. The van der Waals surface area contributed by atoms with Crippen molar-refractivity contribution in [3.8, 4) is 0 Å². The summed E-state index contributed by atoms with van der Waals surface area (Å²) in [4.78, 5) is 14.5. The van der Waals surface area contributed by atoms with Crippen LogP contribution in [0.2, 0.25) is 0 Å². The normalized spacial score (nSPS) is 12.4. The SMILES string of the molecule is CC(C)CC(C)Nc1nc(NN)nc(N(C)C)n1. The summed E-state index contributed by atoms with van der Waals surface area (Å²) in [5.41, 5.74) is 2.45. The zero-order chi connectivity index (χ0) is 13.7. The lowest BCUT2D eigenvalue weighted by Crippen LogP contribution is -2.23. The molecule has 0 fully saturated rings. The number of nitrogen functional groups attached to an aromatic ring is 1. The third-order valence-corrected chi connectivity index (χ3v) is 2.35. The van der Waals surface area contributed by atoms with Crippen molar-refractivity contribution in [2.45, 2.75) is 33.2 Å². The maximum absolute atomic E-state index is 5.35. The van der Waals surface area contributed by atoms with Crippen LogP contribution in [-0.4, -0.2) is 35.1 Å². The van der Waals surface area contributed by atoms with E-state index in [4.69, 9.17) is 5.84 Å². The summed E-state index contributed by atoms with van der Waals surface area (Å²) < 4.78 is 0. The van der Waals surface area contributed by atoms with E-state index in [1.54, 1.807) is 4.90 Å². The number of aromatic nitrogens is 3. The van der Waals surface area contributed by atoms with Gasteiger partial charge in [-0.3, -0.25) is 5.43 Å². The molecule has 7 nitrogen and oxygen atoms in total. The van der Waals surface area contributed by atoms with Gasteiger partial charge in [0.1, 0.15) is 0 Å². The minimum Gasteiger partial charge on any atom is -0.352 e. The predicted octanol–water partition coefficient (Wildman–Crippen LogP) is 1.07. The number of hydrazine groups is 1. The Labute approximate surface area is 108 Å². The van der Waals surface area contributed by atoms with E-state index >= 15 is 0 Å². The van der Waals surface area contributed by atoms with Gasteiger partial charge in [0, 0.05) is 20.1 Å². The molecular formula is C11H23N7. The summed E-state index contributed by atoms with van der Waals surface area (Å²) in [6.45, 7) is 6.47. The molecule has 1 heterocycles. The highest BCUT2D eigenvalue weighted by atomic mass is 15.4. The molecule has 1 aromatic heterocycles. The molecule has 0 aliphatic heterocycles. The summed E-state index contributed by atoms with van der Waals surface area (Å²) in [6.07, 6.45) is 1.05. The molecule has 1 rings (SSSR count). The van der Waals surface area contributed by atoms with E-state index in [9.17, 15) is 0 Å². The van der Waals surface area contributed by atoms with Gasteiger partial charge in [0.15, 0.2) is 0 Å². The number of anilines is 3. The summed E-state index contributed by atoms with van der Waals surface area (Å²) >= 11 is 0. The standard InChI is InChI=1S/C11H23N7/c1-7(2)6-8(3)13-9-14-10(17-12)16-11(15-9)18(4)5/h7-8H,6,12H2,1-5H3,(H2,13,14,15,16,17). The van der Waals surface area contributed by atoms with Gasteiger partial charge in [-0.05, 0) is 19.3 Å². The highest BCUT2D eigenvalue weighted by Crippen LogP contribution is 2.13. The van der Waals surface area contributed by atoms with Crippen molar-refractivity contribution in [3.63, 3.8) is 0 Å². The van der Waals surface area contributed by atoms with E-state index in [1.807, 2.05) is 14.1 Å². The first-order valence-electron chi connectivity index (χ1n) is 6.09. The minimum absolute atomic E-state index is 0.299. The average Bonchev–Trinajstić information content (AvgIpc) is 2.27. The molecule has 18 heavy (non-hydrogen) atoms. The maximum atomic E-state index is 5.35. The van der Waals surface area contributed by atoms with Crippen LogP contribution in [0, 0.1) is 5.92 Å². The Bertz CT molecular complexity index is 378. The number of rotatable bonds is 6. The molecular weight excluding hydrogens is 230 g/mol. The van der Waals surface area contributed by atoms with E-state index in [0.717, 1.165) is 6.42 Å². The summed E-state index contributed by atoms with van der Waals surface area (Å²) in [5, 5.41) is 3.26. The molecule has 0 bridgehead atoms. The van der Waals surface area contributed by atoms with Gasteiger partial charge in [-0.2, -0.15) is 15.0 Å². The molecule has 1 atom stereocenters. The number of nitrogens with one attached hydrogen (secondary N) is 2. The van der Waals surface area contributed by atoms with Gasteiger partial charge in [0.05, 0.1) is 0 Å². The van der Waals surface area contributed by atoms with E-state index in [0.29, 0.717) is 29.8 Å². The molecule has 1 unspecified atom stereocenters. The Kier molecular flexibility index (Phi) is 5.08. The smallest absolute Gasteiger partial charge is 0.243 e. The molecule has 0 spiro atoms. The third-order valence-electron chi connectivity index (χ3n) is 2.35. The Morgan fingerprint density at radius 3 is 2.22 bits per heavy atom. The van der Waals surface area contributed by atoms with Crippen LogP contribution in [-0.2, 0) is 0 Å². The van der Waals surface area contributed by atoms with Crippen molar-refractivity contribution in [2.24, 2.45) is 11.8 Å². The van der Waals surface area contributed by atoms with Gasteiger partial charge in [-0.1, -0.05) is 13.8 Å². The largest absolute Gasteiger partial charge is 0.352 e. The van der Waals surface area contributed by atoms with E-state index in [1.165, 1.54) is 0 Å². The fourth-order valence-electron chi connectivity index (χ4n) is 1.68. The Morgan fingerprint density at radius 1 is 1.11 bits per heavy atom. The van der Waals surface area contributed by atoms with Gasteiger partial charge in [-0.15, -0.1) is 0 Å². The zero-order valence-electron chi connectivity index (χ0n) is 11.7.